The minimum absolute atomic E-state index is 0.00584. The van der Waals surface area contributed by atoms with Crippen LogP contribution in [0, 0.1) is 32.1 Å². The van der Waals surface area contributed by atoms with Crippen molar-refractivity contribution in [3.8, 4) is 17.6 Å². The van der Waals surface area contributed by atoms with Gasteiger partial charge in [0, 0.05) is 18.2 Å². The van der Waals surface area contributed by atoms with Gasteiger partial charge in [-0.15, -0.1) is 0 Å². The fourth-order valence-corrected chi connectivity index (χ4v) is 4.09. The molecule has 0 spiro atoms. The number of anilines is 1. The van der Waals surface area contributed by atoms with Crippen molar-refractivity contribution in [1.29, 1.82) is 5.26 Å². The molecule has 0 aliphatic rings. The van der Waals surface area contributed by atoms with Crippen LogP contribution < -0.4 is 10.1 Å². The van der Waals surface area contributed by atoms with E-state index in [1.807, 2.05) is 26.8 Å². The molecule has 0 saturated heterocycles. The number of nitrogens with one attached hydrogen (secondary N) is 1. The summed E-state index contributed by atoms with van der Waals surface area (Å²) in [4.78, 5) is 30.1. The number of carbonyl (C=O) groups is 2. The van der Waals surface area contributed by atoms with Crippen molar-refractivity contribution in [2.24, 2.45) is 0 Å². The second kappa shape index (κ2) is 9.77. The first kappa shape index (κ1) is 23.6. The maximum absolute atomic E-state index is 12.8. The Morgan fingerprint density at radius 3 is 2.60 bits per heavy atom. The van der Waals surface area contributed by atoms with Crippen molar-refractivity contribution in [3.05, 3.63) is 76.5 Å². The fourth-order valence-electron chi connectivity index (χ4n) is 4.09. The molecule has 0 unspecified atom stereocenters. The highest BCUT2D eigenvalue weighted by atomic mass is 16.5. The summed E-state index contributed by atoms with van der Waals surface area (Å²) in [5.41, 5.74) is 4.64. The highest BCUT2D eigenvalue weighted by Crippen LogP contribution is 2.27. The first-order valence-electron chi connectivity index (χ1n) is 11.2. The summed E-state index contributed by atoms with van der Waals surface area (Å²) in [5, 5.41) is 17.7. The van der Waals surface area contributed by atoms with Crippen LogP contribution in [0.3, 0.4) is 0 Å². The van der Waals surface area contributed by atoms with Gasteiger partial charge >= 0.3 is 0 Å². The highest BCUT2D eigenvalue weighted by Gasteiger charge is 2.19. The number of hydrogen-bond donors (Lipinski definition) is 1. The first-order valence-corrected chi connectivity index (χ1v) is 11.2. The number of rotatable bonds is 7. The van der Waals surface area contributed by atoms with E-state index in [0.717, 1.165) is 27.6 Å². The largest absolute Gasteiger partial charge is 0.496 e. The lowest BCUT2D eigenvalue weighted by atomic mass is 10.0. The molecule has 2 aromatic carbocycles. The number of pyridine rings is 1. The Morgan fingerprint density at radius 1 is 1.09 bits per heavy atom. The van der Waals surface area contributed by atoms with E-state index < -0.39 is 5.91 Å². The van der Waals surface area contributed by atoms with Gasteiger partial charge in [-0.05, 0) is 56.2 Å². The number of ether oxygens (including phenoxy) is 1. The zero-order valence-corrected chi connectivity index (χ0v) is 20.0. The molecule has 0 aliphatic heterocycles. The van der Waals surface area contributed by atoms with Gasteiger partial charge < -0.3 is 10.1 Å². The van der Waals surface area contributed by atoms with Crippen LogP contribution in [0.4, 0.5) is 5.82 Å². The normalized spacial score (nSPS) is 10.7. The maximum atomic E-state index is 12.8. The molecular weight excluding hydrogens is 442 g/mol. The standard InChI is InChI=1S/C27H25N5O3/c1-16-11-18(3)26-21(12-16)17(2)13-24(30-26)32-27(19(14-28)15-29-32)31-25(34)10-9-22(33)20-7-5-6-8-23(20)35-4/h5-8,11-13,15H,9-10H2,1-4H3,(H,31,34). The Hall–Kier alpha value is -4.51. The SMILES string of the molecule is COc1ccccc1C(=O)CCC(=O)Nc1c(C#N)cnn1-c1cc(C)c2cc(C)cc(C)c2n1. The maximum Gasteiger partial charge on any atom is 0.226 e. The molecule has 4 rings (SSSR count). The Kier molecular flexibility index (Phi) is 6.60. The molecule has 4 aromatic rings. The van der Waals surface area contributed by atoms with Crippen molar-refractivity contribution >= 4 is 28.4 Å². The number of hydrogen-bond acceptors (Lipinski definition) is 6. The lowest BCUT2D eigenvalue weighted by molar-refractivity contribution is -0.116. The molecule has 2 heterocycles. The minimum atomic E-state index is -0.407. The monoisotopic (exact) mass is 467 g/mol. The number of amides is 1. The molecule has 35 heavy (non-hydrogen) atoms. The molecule has 1 amide bonds. The van der Waals surface area contributed by atoms with E-state index in [1.165, 1.54) is 18.0 Å². The third-order valence-corrected chi connectivity index (χ3v) is 5.79. The quantitative estimate of drug-likeness (QED) is 0.390. The Bertz CT molecular complexity index is 1500. The topological polar surface area (TPSA) is 110 Å². The summed E-state index contributed by atoms with van der Waals surface area (Å²) in [6.07, 6.45) is 1.32. The van der Waals surface area contributed by atoms with Crippen LogP contribution >= 0.6 is 0 Å². The van der Waals surface area contributed by atoms with Crippen LogP contribution in [0.15, 0.2) is 48.7 Å². The molecule has 0 bridgehead atoms. The number of benzene rings is 2. The molecule has 0 radical (unpaired) electrons. The summed E-state index contributed by atoms with van der Waals surface area (Å²) in [5.74, 6) is 0.563. The van der Waals surface area contributed by atoms with Gasteiger partial charge in [0.25, 0.3) is 0 Å². The number of nitriles is 1. The third kappa shape index (κ3) is 4.75. The molecule has 8 nitrogen and oxygen atoms in total. The number of para-hydroxylation sites is 1. The second-order valence-electron chi connectivity index (χ2n) is 8.38. The molecule has 8 heteroatoms. The van der Waals surface area contributed by atoms with Crippen LogP contribution in [-0.2, 0) is 4.79 Å². The zero-order chi connectivity index (χ0) is 25.1. The van der Waals surface area contributed by atoms with Crippen molar-refractivity contribution < 1.29 is 14.3 Å². The Labute approximate surface area is 203 Å². The van der Waals surface area contributed by atoms with Gasteiger partial charge in [-0.3, -0.25) is 9.59 Å². The van der Waals surface area contributed by atoms with E-state index in [4.69, 9.17) is 9.72 Å². The van der Waals surface area contributed by atoms with Crippen molar-refractivity contribution in [1.82, 2.24) is 14.8 Å². The van der Waals surface area contributed by atoms with Crippen LogP contribution in [0.25, 0.3) is 16.7 Å². The van der Waals surface area contributed by atoms with Gasteiger partial charge in [-0.25, -0.2) is 4.98 Å². The average molecular weight is 468 g/mol. The van der Waals surface area contributed by atoms with Crippen molar-refractivity contribution in [2.75, 3.05) is 12.4 Å². The van der Waals surface area contributed by atoms with Crippen LogP contribution in [-0.4, -0.2) is 33.6 Å². The number of nitrogens with zero attached hydrogens (tertiary/aromatic N) is 4. The first-order chi connectivity index (χ1) is 16.8. The minimum Gasteiger partial charge on any atom is -0.496 e. The number of aromatic nitrogens is 3. The van der Waals surface area contributed by atoms with Crippen molar-refractivity contribution in [2.45, 2.75) is 33.6 Å². The van der Waals surface area contributed by atoms with E-state index in [0.29, 0.717) is 17.1 Å². The molecule has 1 N–H and O–H groups in total. The van der Waals surface area contributed by atoms with E-state index in [-0.39, 0.29) is 30.0 Å². The number of aryl methyl sites for hydroxylation is 3. The van der Waals surface area contributed by atoms with Crippen LogP contribution in [0.2, 0.25) is 0 Å². The van der Waals surface area contributed by atoms with Gasteiger partial charge in [0.2, 0.25) is 5.91 Å². The number of methoxy groups -OCH3 is 1. The Morgan fingerprint density at radius 2 is 1.86 bits per heavy atom. The summed E-state index contributed by atoms with van der Waals surface area (Å²) in [7, 11) is 1.49. The molecule has 2 aromatic heterocycles. The predicted molar refractivity (Wildman–Crippen MR) is 133 cm³/mol. The summed E-state index contributed by atoms with van der Waals surface area (Å²) >= 11 is 0. The second-order valence-corrected chi connectivity index (χ2v) is 8.38. The number of fused-ring (bicyclic) bond motifs is 1. The summed E-state index contributed by atoms with van der Waals surface area (Å²) in [6, 6.07) is 15.0. The lowest BCUT2D eigenvalue weighted by Crippen LogP contribution is -2.17. The summed E-state index contributed by atoms with van der Waals surface area (Å²) in [6.45, 7) is 6.03. The molecule has 0 atom stereocenters. The van der Waals surface area contributed by atoms with Crippen LogP contribution in [0.1, 0.15) is 45.5 Å². The number of Topliss-reactive ketones (excluding diaryl/α,β-unsaturated/α-hetero) is 1. The predicted octanol–water partition coefficient (Wildman–Crippen LogP) is 4.83. The van der Waals surface area contributed by atoms with Gasteiger partial charge in [0.15, 0.2) is 17.4 Å². The number of carbonyl (C=O) groups excluding carboxylic acids is 2. The summed E-state index contributed by atoms with van der Waals surface area (Å²) < 4.78 is 6.68. The molecule has 176 valence electrons. The van der Waals surface area contributed by atoms with Crippen molar-refractivity contribution in [3.63, 3.8) is 0 Å². The molecule has 0 aliphatic carbocycles. The van der Waals surface area contributed by atoms with Gasteiger partial charge in [-0.2, -0.15) is 15.0 Å². The van der Waals surface area contributed by atoms with E-state index in [2.05, 4.69) is 28.6 Å². The smallest absolute Gasteiger partial charge is 0.226 e. The molecule has 0 saturated carbocycles. The van der Waals surface area contributed by atoms with Gasteiger partial charge in [-0.1, -0.05) is 23.8 Å². The van der Waals surface area contributed by atoms with Crippen LogP contribution in [0.5, 0.6) is 5.75 Å². The molecular formula is C27H25N5O3. The van der Waals surface area contributed by atoms with E-state index >= 15 is 0 Å². The average Bonchev–Trinajstić information content (AvgIpc) is 3.25. The molecule has 0 fully saturated rings. The van der Waals surface area contributed by atoms with Gasteiger partial charge in [0.05, 0.1) is 24.4 Å². The number of ketones is 1. The fraction of sp³-hybridized carbons (Fsp3) is 0.222. The third-order valence-electron chi connectivity index (χ3n) is 5.79. The van der Waals surface area contributed by atoms with E-state index in [1.54, 1.807) is 24.3 Å². The van der Waals surface area contributed by atoms with E-state index in [9.17, 15) is 14.9 Å². The zero-order valence-electron chi connectivity index (χ0n) is 20.0. The Balaban J connectivity index is 1.59. The van der Waals surface area contributed by atoms with Gasteiger partial charge in [0.1, 0.15) is 17.4 Å². The lowest BCUT2D eigenvalue weighted by Gasteiger charge is -2.13. The highest BCUT2D eigenvalue weighted by molar-refractivity contribution is 6.01.